The number of benzene rings is 7. The van der Waals surface area contributed by atoms with Crippen LogP contribution in [-0.4, -0.2) is 8.07 Å². The van der Waals surface area contributed by atoms with Crippen molar-refractivity contribution in [2.75, 3.05) is 4.90 Å². The summed E-state index contributed by atoms with van der Waals surface area (Å²) in [6.07, 6.45) is 0. The number of hydrogen-bond donors (Lipinski definition) is 0. The van der Waals surface area contributed by atoms with Crippen LogP contribution in [0.15, 0.2) is 156 Å². The molecule has 0 fully saturated rings. The van der Waals surface area contributed by atoms with Crippen LogP contribution < -0.4 is 15.3 Å². The molecule has 2 heterocycles. The van der Waals surface area contributed by atoms with Crippen molar-refractivity contribution in [3.05, 3.63) is 152 Å². The van der Waals surface area contributed by atoms with E-state index in [2.05, 4.69) is 170 Å². The monoisotopic (exact) mass is 593 g/mol. The molecule has 0 saturated carbocycles. The van der Waals surface area contributed by atoms with Gasteiger partial charge in [0.1, 0.15) is 19.2 Å². The van der Waals surface area contributed by atoms with E-state index in [1.165, 1.54) is 59.9 Å². The van der Waals surface area contributed by atoms with Gasteiger partial charge in [-0.05, 0) is 98.0 Å². The van der Waals surface area contributed by atoms with E-state index in [1.807, 2.05) is 0 Å². The second-order valence-corrected chi connectivity index (χ2v) is 16.9. The van der Waals surface area contributed by atoms with E-state index in [0.717, 1.165) is 22.5 Å². The molecule has 1 aliphatic rings. The third-order valence-electron chi connectivity index (χ3n) is 9.62. The minimum Gasteiger partial charge on any atom is -0.456 e. The van der Waals surface area contributed by atoms with Crippen molar-refractivity contribution < 1.29 is 4.42 Å². The van der Waals surface area contributed by atoms with Gasteiger partial charge in [-0.25, -0.2) is 0 Å². The van der Waals surface area contributed by atoms with Gasteiger partial charge in [-0.3, -0.25) is 0 Å². The molecule has 8 aromatic rings. The van der Waals surface area contributed by atoms with Crippen molar-refractivity contribution in [1.82, 2.24) is 0 Å². The number of para-hydroxylation sites is 2. The summed E-state index contributed by atoms with van der Waals surface area (Å²) >= 11 is 0. The molecule has 0 saturated heterocycles. The number of fused-ring (bicyclic) bond motifs is 8. The highest BCUT2D eigenvalue weighted by molar-refractivity contribution is 7.04. The van der Waals surface area contributed by atoms with Crippen LogP contribution >= 0.6 is 0 Å². The third kappa shape index (κ3) is 4.01. The van der Waals surface area contributed by atoms with Gasteiger partial charge in [-0.2, -0.15) is 0 Å². The predicted octanol–water partition coefficient (Wildman–Crippen LogP) is 10.7. The first-order valence-corrected chi connectivity index (χ1v) is 18.6. The van der Waals surface area contributed by atoms with E-state index in [0.29, 0.717) is 0 Å². The minimum absolute atomic E-state index is 0.951. The summed E-state index contributed by atoms with van der Waals surface area (Å²) in [5.74, 6) is 0. The molecule has 0 aliphatic carbocycles. The van der Waals surface area contributed by atoms with Gasteiger partial charge in [-0.1, -0.05) is 110 Å². The lowest BCUT2D eigenvalue weighted by Gasteiger charge is -2.28. The summed E-state index contributed by atoms with van der Waals surface area (Å²) in [6.45, 7) is 4.98. The van der Waals surface area contributed by atoms with Gasteiger partial charge in [0.05, 0.1) is 0 Å². The second-order valence-electron chi connectivity index (χ2n) is 12.6. The molecule has 3 heteroatoms. The predicted molar refractivity (Wildman–Crippen MR) is 194 cm³/mol. The van der Waals surface area contributed by atoms with Crippen molar-refractivity contribution in [2.45, 2.75) is 13.1 Å². The molecule has 214 valence electrons. The number of rotatable bonds is 4. The molecule has 9 rings (SSSR count). The number of nitrogens with zero attached hydrogens (tertiary/aromatic N) is 1. The van der Waals surface area contributed by atoms with Crippen molar-refractivity contribution >= 4 is 68.2 Å². The summed E-state index contributed by atoms with van der Waals surface area (Å²) in [5, 5.41) is 7.92. The molecule has 0 N–H and O–H groups in total. The van der Waals surface area contributed by atoms with E-state index in [9.17, 15) is 0 Å². The lowest BCUT2D eigenvalue weighted by atomic mass is 9.98. The smallest absolute Gasteiger partial charge is 0.136 e. The fourth-order valence-corrected chi connectivity index (χ4v) is 10.5. The number of furan rings is 1. The average molecular weight is 594 g/mol. The third-order valence-corrected chi connectivity index (χ3v) is 13.1. The Balaban J connectivity index is 1.22. The summed E-state index contributed by atoms with van der Waals surface area (Å²) in [6, 6.07) is 55.1. The van der Waals surface area contributed by atoms with E-state index in [4.69, 9.17) is 4.42 Å². The van der Waals surface area contributed by atoms with Gasteiger partial charge in [0.2, 0.25) is 0 Å². The van der Waals surface area contributed by atoms with Crippen LogP contribution in [-0.2, 0) is 0 Å². The van der Waals surface area contributed by atoms with Crippen molar-refractivity contribution in [3.8, 4) is 22.3 Å². The quantitative estimate of drug-likeness (QED) is 0.189. The molecule has 0 unspecified atom stereocenters. The summed E-state index contributed by atoms with van der Waals surface area (Å²) in [4.78, 5) is 2.40. The molecule has 1 aliphatic heterocycles. The fourth-order valence-electron chi connectivity index (χ4n) is 7.39. The Labute approximate surface area is 263 Å². The van der Waals surface area contributed by atoms with Crippen LogP contribution in [0.2, 0.25) is 13.1 Å². The fraction of sp³-hybridized carbons (Fsp3) is 0.0476. The maximum absolute atomic E-state index is 6.32. The normalized spacial score (nSPS) is 13.3. The largest absolute Gasteiger partial charge is 0.456 e. The maximum Gasteiger partial charge on any atom is 0.136 e. The number of hydrogen-bond acceptors (Lipinski definition) is 2. The second kappa shape index (κ2) is 9.81. The summed E-state index contributed by atoms with van der Waals surface area (Å²) < 4.78 is 6.32. The van der Waals surface area contributed by atoms with Gasteiger partial charge in [0.25, 0.3) is 0 Å². The molecule has 0 radical (unpaired) electrons. The summed E-state index contributed by atoms with van der Waals surface area (Å²) in [5.41, 5.74) is 10.5. The first-order chi connectivity index (χ1) is 22.1. The van der Waals surface area contributed by atoms with Crippen LogP contribution in [0, 0.1) is 0 Å². The van der Waals surface area contributed by atoms with Gasteiger partial charge in [-0.15, -0.1) is 0 Å². The van der Waals surface area contributed by atoms with Gasteiger partial charge in [0, 0.05) is 27.8 Å². The standard InChI is InChI=1S/C42H31NOSi/c1-45(2)39-24-23-38-41(35-17-8-9-18-37(35)44-38)42(39)36-22-21-34(27-40(36)45)43(32-14-4-3-5-15-32)33-16-10-13-30(26-33)31-20-19-28-11-6-7-12-29(28)25-31/h3-27H,1-2H3. The highest BCUT2D eigenvalue weighted by Gasteiger charge is 2.39. The van der Waals surface area contributed by atoms with Gasteiger partial charge < -0.3 is 9.32 Å². The Morgan fingerprint density at radius 2 is 1.22 bits per heavy atom. The van der Waals surface area contributed by atoms with Gasteiger partial charge >= 0.3 is 0 Å². The van der Waals surface area contributed by atoms with Crippen LogP contribution in [0.4, 0.5) is 17.1 Å². The van der Waals surface area contributed by atoms with E-state index in [1.54, 1.807) is 0 Å². The van der Waals surface area contributed by atoms with Crippen molar-refractivity contribution in [1.29, 1.82) is 0 Å². The zero-order valence-electron chi connectivity index (χ0n) is 25.3. The molecule has 1 aromatic heterocycles. The molecule has 0 bridgehead atoms. The van der Waals surface area contributed by atoms with Crippen LogP contribution in [0.25, 0.3) is 55.0 Å². The van der Waals surface area contributed by atoms with Crippen LogP contribution in [0.3, 0.4) is 0 Å². The van der Waals surface area contributed by atoms with Crippen molar-refractivity contribution in [3.63, 3.8) is 0 Å². The molecule has 7 aromatic carbocycles. The minimum atomic E-state index is -2.00. The molecule has 0 atom stereocenters. The molecule has 0 spiro atoms. The number of anilines is 3. The zero-order valence-corrected chi connectivity index (χ0v) is 26.3. The molecular weight excluding hydrogens is 563 g/mol. The van der Waals surface area contributed by atoms with Gasteiger partial charge in [0.15, 0.2) is 0 Å². The molecule has 0 amide bonds. The highest BCUT2D eigenvalue weighted by Crippen LogP contribution is 2.42. The first-order valence-electron chi connectivity index (χ1n) is 15.6. The Kier molecular flexibility index (Phi) is 5.68. The molecule has 2 nitrogen and oxygen atoms in total. The first kappa shape index (κ1) is 26.1. The van der Waals surface area contributed by atoms with E-state index >= 15 is 0 Å². The SMILES string of the molecule is C[Si]1(C)c2cc(N(c3ccccc3)c3cccc(-c4ccc5ccccc5c4)c3)ccc2-c2c1ccc1oc3ccccc3c21. The molecular formula is C42H31NOSi. The lowest BCUT2D eigenvalue weighted by molar-refractivity contribution is 0.669. The highest BCUT2D eigenvalue weighted by atomic mass is 28.3. The Morgan fingerprint density at radius 3 is 2.11 bits per heavy atom. The van der Waals surface area contributed by atoms with E-state index < -0.39 is 8.07 Å². The van der Waals surface area contributed by atoms with Crippen LogP contribution in [0.5, 0.6) is 0 Å². The zero-order chi connectivity index (χ0) is 30.1. The average Bonchev–Trinajstić information content (AvgIpc) is 3.57. The topological polar surface area (TPSA) is 16.4 Å². The van der Waals surface area contributed by atoms with E-state index in [-0.39, 0.29) is 0 Å². The Hall–Kier alpha value is -5.38. The maximum atomic E-state index is 6.32. The Morgan fingerprint density at radius 1 is 0.489 bits per heavy atom. The molecule has 45 heavy (non-hydrogen) atoms. The summed E-state index contributed by atoms with van der Waals surface area (Å²) in [7, 11) is -2.00. The van der Waals surface area contributed by atoms with Crippen molar-refractivity contribution in [2.24, 2.45) is 0 Å². The Bertz CT molecular complexity index is 2420. The lowest BCUT2D eigenvalue weighted by Crippen LogP contribution is -2.49. The van der Waals surface area contributed by atoms with Crippen LogP contribution in [0.1, 0.15) is 0 Å².